The van der Waals surface area contributed by atoms with E-state index >= 15 is 0 Å². The Bertz CT molecular complexity index is 460. The van der Waals surface area contributed by atoms with Crippen molar-refractivity contribution in [2.24, 2.45) is 5.92 Å². The van der Waals surface area contributed by atoms with Crippen LogP contribution in [-0.2, 0) is 0 Å². The number of nitrogens with zero attached hydrogens (tertiary/aromatic N) is 1. The van der Waals surface area contributed by atoms with Crippen molar-refractivity contribution in [2.75, 3.05) is 18.9 Å². The molecule has 1 aromatic carbocycles. The number of rotatable bonds is 6. The molecule has 0 saturated carbocycles. The molecule has 1 atom stereocenters. The molecule has 0 spiro atoms. The van der Waals surface area contributed by atoms with Gasteiger partial charge in [0.15, 0.2) is 0 Å². The molecule has 0 aromatic heterocycles. The first kappa shape index (κ1) is 16.5. The van der Waals surface area contributed by atoms with Crippen LogP contribution >= 0.6 is 0 Å². The summed E-state index contributed by atoms with van der Waals surface area (Å²) in [4.78, 5) is 14.2. The van der Waals surface area contributed by atoms with Crippen molar-refractivity contribution >= 4 is 11.6 Å². The lowest BCUT2D eigenvalue weighted by Crippen LogP contribution is -2.36. The van der Waals surface area contributed by atoms with Gasteiger partial charge in [0.1, 0.15) is 5.82 Å². The number of hydrogen-bond donors (Lipinski definition) is 1. The van der Waals surface area contributed by atoms with Crippen LogP contribution in [0, 0.1) is 11.7 Å². The van der Waals surface area contributed by atoms with E-state index in [9.17, 15) is 9.18 Å². The van der Waals surface area contributed by atoms with E-state index in [1.54, 1.807) is 24.1 Å². The molecule has 0 radical (unpaired) electrons. The van der Waals surface area contributed by atoms with Gasteiger partial charge in [0, 0.05) is 19.6 Å². The first-order valence-electron chi connectivity index (χ1n) is 7.18. The summed E-state index contributed by atoms with van der Waals surface area (Å²) in [6, 6.07) is 4.74. The van der Waals surface area contributed by atoms with Gasteiger partial charge in [-0.25, -0.2) is 4.39 Å². The van der Waals surface area contributed by atoms with Crippen LogP contribution in [0.5, 0.6) is 0 Å². The van der Waals surface area contributed by atoms with Gasteiger partial charge in [0.2, 0.25) is 0 Å². The third-order valence-electron chi connectivity index (χ3n) is 3.39. The SMILES string of the molecule is CCNc1c(F)cccc1C(=O)N(C)C(C)CC(C)C. The quantitative estimate of drug-likeness (QED) is 0.860. The maximum atomic E-state index is 13.8. The first-order valence-corrected chi connectivity index (χ1v) is 7.18. The van der Waals surface area contributed by atoms with E-state index < -0.39 is 0 Å². The minimum Gasteiger partial charge on any atom is -0.382 e. The molecule has 3 nitrogen and oxygen atoms in total. The first-order chi connectivity index (χ1) is 9.38. The lowest BCUT2D eigenvalue weighted by molar-refractivity contribution is 0.0729. The minimum absolute atomic E-state index is 0.125. The molecule has 1 aromatic rings. The highest BCUT2D eigenvalue weighted by atomic mass is 19.1. The maximum absolute atomic E-state index is 13.8. The van der Waals surface area contributed by atoms with Gasteiger partial charge in [-0.3, -0.25) is 4.79 Å². The van der Waals surface area contributed by atoms with Crippen LogP contribution < -0.4 is 5.32 Å². The predicted octanol–water partition coefficient (Wildman–Crippen LogP) is 3.76. The fraction of sp³-hybridized carbons (Fsp3) is 0.562. The van der Waals surface area contributed by atoms with Gasteiger partial charge in [-0.15, -0.1) is 0 Å². The molecule has 4 heteroatoms. The second kappa shape index (κ2) is 7.27. The van der Waals surface area contributed by atoms with Crippen LogP contribution in [-0.4, -0.2) is 30.4 Å². The maximum Gasteiger partial charge on any atom is 0.256 e. The molecule has 1 unspecified atom stereocenters. The van der Waals surface area contributed by atoms with Crippen molar-refractivity contribution in [2.45, 2.75) is 40.2 Å². The zero-order valence-corrected chi connectivity index (χ0v) is 13.0. The molecule has 112 valence electrons. The number of benzene rings is 1. The summed E-state index contributed by atoms with van der Waals surface area (Å²) >= 11 is 0. The highest BCUT2D eigenvalue weighted by molar-refractivity contribution is 5.99. The Labute approximate surface area is 121 Å². The largest absolute Gasteiger partial charge is 0.382 e. The van der Waals surface area contributed by atoms with Crippen molar-refractivity contribution in [1.29, 1.82) is 0 Å². The molecule has 20 heavy (non-hydrogen) atoms. The average molecular weight is 280 g/mol. The van der Waals surface area contributed by atoms with Crippen molar-refractivity contribution < 1.29 is 9.18 Å². The zero-order valence-electron chi connectivity index (χ0n) is 13.0. The molecular formula is C16H25FN2O. The van der Waals surface area contributed by atoms with E-state index in [0.717, 1.165) is 6.42 Å². The van der Waals surface area contributed by atoms with Gasteiger partial charge in [-0.05, 0) is 38.3 Å². The highest BCUT2D eigenvalue weighted by Crippen LogP contribution is 2.22. The Balaban J connectivity index is 2.99. The lowest BCUT2D eigenvalue weighted by atomic mass is 10.0. The standard InChI is InChI=1S/C16H25FN2O/c1-6-18-15-13(8-7-9-14(15)17)16(20)19(5)12(4)10-11(2)3/h7-9,11-12,18H,6,10H2,1-5H3. The van der Waals surface area contributed by atoms with E-state index in [2.05, 4.69) is 19.2 Å². The Hall–Kier alpha value is -1.58. The van der Waals surface area contributed by atoms with E-state index in [4.69, 9.17) is 0 Å². The van der Waals surface area contributed by atoms with Crippen LogP contribution in [0.4, 0.5) is 10.1 Å². The molecule has 0 heterocycles. The van der Waals surface area contributed by atoms with Crippen molar-refractivity contribution in [3.05, 3.63) is 29.6 Å². The van der Waals surface area contributed by atoms with Gasteiger partial charge >= 0.3 is 0 Å². The lowest BCUT2D eigenvalue weighted by Gasteiger charge is -2.27. The van der Waals surface area contributed by atoms with Crippen LogP contribution in [0.2, 0.25) is 0 Å². The summed E-state index contributed by atoms with van der Waals surface area (Å²) in [7, 11) is 1.77. The Morgan fingerprint density at radius 1 is 1.35 bits per heavy atom. The zero-order chi connectivity index (χ0) is 15.3. The summed E-state index contributed by atoms with van der Waals surface area (Å²) in [5.74, 6) is -0.0165. The van der Waals surface area contributed by atoms with Gasteiger partial charge in [0.25, 0.3) is 5.91 Å². The summed E-state index contributed by atoms with van der Waals surface area (Å²) in [6.45, 7) is 8.73. The topological polar surface area (TPSA) is 32.3 Å². The third kappa shape index (κ3) is 3.95. The minimum atomic E-state index is -0.386. The number of hydrogen-bond acceptors (Lipinski definition) is 2. The molecule has 0 fully saturated rings. The van der Waals surface area contributed by atoms with Crippen molar-refractivity contribution in [3.8, 4) is 0 Å². The van der Waals surface area contributed by atoms with Crippen LogP contribution in [0.25, 0.3) is 0 Å². The Morgan fingerprint density at radius 2 is 2.00 bits per heavy atom. The normalized spacial score (nSPS) is 12.3. The average Bonchev–Trinajstić information content (AvgIpc) is 2.38. The molecule has 1 rings (SSSR count). The molecule has 0 saturated heterocycles. The summed E-state index contributed by atoms with van der Waals surface area (Å²) in [5, 5.41) is 2.94. The fourth-order valence-electron chi connectivity index (χ4n) is 2.29. The summed E-state index contributed by atoms with van der Waals surface area (Å²) in [5.41, 5.74) is 0.688. The second-order valence-corrected chi connectivity index (χ2v) is 5.59. The fourth-order valence-corrected chi connectivity index (χ4v) is 2.29. The van der Waals surface area contributed by atoms with Crippen molar-refractivity contribution in [3.63, 3.8) is 0 Å². The number of anilines is 1. The molecule has 0 bridgehead atoms. The number of nitrogens with one attached hydrogen (secondary N) is 1. The number of amides is 1. The summed E-state index contributed by atoms with van der Waals surface area (Å²) < 4.78 is 13.8. The molecule has 0 aliphatic rings. The number of para-hydroxylation sites is 1. The molecule has 1 N–H and O–H groups in total. The van der Waals surface area contributed by atoms with Gasteiger partial charge in [-0.1, -0.05) is 19.9 Å². The van der Waals surface area contributed by atoms with Gasteiger partial charge in [0.05, 0.1) is 11.3 Å². The third-order valence-corrected chi connectivity index (χ3v) is 3.39. The Kier molecular flexibility index (Phi) is 5.99. The number of carbonyl (C=O) groups excluding carboxylic acids is 1. The number of carbonyl (C=O) groups is 1. The van der Waals surface area contributed by atoms with Crippen molar-refractivity contribution in [1.82, 2.24) is 4.90 Å². The van der Waals surface area contributed by atoms with Gasteiger partial charge in [-0.2, -0.15) is 0 Å². The Morgan fingerprint density at radius 3 is 2.55 bits per heavy atom. The van der Waals surface area contributed by atoms with E-state index in [1.807, 2.05) is 13.8 Å². The van der Waals surface area contributed by atoms with Crippen LogP contribution in [0.15, 0.2) is 18.2 Å². The molecule has 1 amide bonds. The van der Waals surface area contributed by atoms with E-state index in [0.29, 0.717) is 23.7 Å². The van der Waals surface area contributed by atoms with Gasteiger partial charge < -0.3 is 10.2 Å². The summed E-state index contributed by atoms with van der Waals surface area (Å²) in [6.07, 6.45) is 0.925. The van der Waals surface area contributed by atoms with Crippen LogP contribution in [0.1, 0.15) is 44.5 Å². The molecule has 0 aliphatic carbocycles. The number of halogens is 1. The second-order valence-electron chi connectivity index (χ2n) is 5.59. The molecule has 0 aliphatic heterocycles. The highest BCUT2D eigenvalue weighted by Gasteiger charge is 2.22. The molecular weight excluding hydrogens is 255 g/mol. The van der Waals surface area contributed by atoms with Crippen LogP contribution in [0.3, 0.4) is 0 Å². The van der Waals surface area contributed by atoms with E-state index in [1.165, 1.54) is 6.07 Å². The predicted molar refractivity (Wildman–Crippen MR) is 81.6 cm³/mol. The monoisotopic (exact) mass is 280 g/mol. The smallest absolute Gasteiger partial charge is 0.256 e. The van der Waals surface area contributed by atoms with E-state index in [-0.39, 0.29) is 17.8 Å².